The molecule has 2 heterocycles. The minimum absolute atomic E-state index is 0.154. The van der Waals surface area contributed by atoms with Gasteiger partial charge in [-0.1, -0.05) is 12.8 Å². The minimum Gasteiger partial charge on any atom is -0.486 e. The van der Waals surface area contributed by atoms with Crippen LogP contribution < -0.4 is 25.8 Å². The number of urea groups is 1. The van der Waals surface area contributed by atoms with Gasteiger partial charge in [-0.2, -0.15) is 0 Å². The largest absolute Gasteiger partial charge is 0.486 e. The number of nitrogens with one attached hydrogen (secondary N) is 3. The molecule has 0 radical (unpaired) electrons. The summed E-state index contributed by atoms with van der Waals surface area (Å²) in [5, 5.41) is 4.68. The first-order valence-electron chi connectivity index (χ1n) is 11.9. The van der Waals surface area contributed by atoms with Crippen molar-refractivity contribution >= 4 is 34.6 Å². The number of rotatable bonds is 5. The van der Waals surface area contributed by atoms with Gasteiger partial charge in [0.1, 0.15) is 13.2 Å². The van der Waals surface area contributed by atoms with Crippen LogP contribution in [0.1, 0.15) is 49.0 Å². The molecule has 0 bridgehead atoms. The lowest BCUT2D eigenvalue weighted by molar-refractivity contribution is -0.127. The predicted octanol–water partition coefficient (Wildman–Crippen LogP) is 3.11. The zero-order valence-electron chi connectivity index (χ0n) is 19.7. The summed E-state index contributed by atoms with van der Waals surface area (Å²) >= 11 is 0. The number of anilines is 1. The predicted molar refractivity (Wildman–Crippen MR) is 130 cm³/mol. The number of benzene rings is 2. The van der Waals surface area contributed by atoms with Crippen molar-refractivity contribution in [2.75, 3.05) is 18.5 Å². The Hall–Kier alpha value is -4.28. The van der Waals surface area contributed by atoms with Crippen molar-refractivity contribution in [3.8, 4) is 11.5 Å². The molecule has 3 N–H and O–H groups in total. The minimum atomic E-state index is -1.23. The van der Waals surface area contributed by atoms with Crippen molar-refractivity contribution in [1.29, 1.82) is 0 Å². The van der Waals surface area contributed by atoms with Crippen molar-refractivity contribution in [2.24, 2.45) is 0 Å². The lowest BCUT2D eigenvalue weighted by Gasteiger charge is -2.19. The standard InChI is InChI=1S/C25H26N4O7/c1-14(22(30)28-24(32)26-16-7-9-20-21(13-16)35-11-10-34-20)36-23(31)15-6-8-19-18(12-15)27-25(33)29(19)17-4-2-3-5-17/h6-9,12-14,17H,2-5,10-11H2,1H3,(H,27,33)(H2,26,28,30,32). The molecule has 1 atom stereocenters. The summed E-state index contributed by atoms with van der Waals surface area (Å²) in [7, 11) is 0. The number of H-pyrrole nitrogens is 1. The van der Waals surface area contributed by atoms with Crippen molar-refractivity contribution in [1.82, 2.24) is 14.9 Å². The summed E-state index contributed by atoms with van der Waals surface area (Å²) in [6.45, 7) is 2.21. The van der Waals surface area contributed by atoms with Gasteiger partial charge < -0.3 is 24.5 Å². The van der Waals surface area contributed by atoms with Crippen LogP contribution in [-0.4, -0.2) is 46.8 Å². The van der Waals surface area contributed by atoms with Crippen molar-refractivity contribution in [2.45, 2.75) is 44.8 Å². The van der Waals surface area contributed by atoms with Crippen LogP contribution in [0.2, 0.25) is 0 Å². The van der Waals surface area contributed by atoms with Crippen LogP contribution in [-0.2, 0) is 9.53 Å². The molecule has 1 aliphatic heterocycles. The van der Waals surface area contributed by atoms with Gasteiger partial charge in [-0.25, -0.2) is 14.4 Å². The molecular formula is C25H26N4O7. The zero-order valence-corrected chi connectivity index (χ0v) is 19.7. The van der Waals surface area contributed by atoms with E-state index in [4.69, 9.17) is 14.2 Å². The van der Waals surface area contributed by atoms with E-state index in [1.54, 1.807) is 34.9 Å². The van der Waals surface area contributed by atoms with Crippen LogP contribution in [0.3, 0.4) is 0 Å². The first-order chi connectivity index (χ1) is 17.4. The van der Waals surface area contributed by atoms with Crippen LogP contribution in [0.5, 0.6) is 11.5 Å². The first kappa shape index (κ1) is 23.5. The number of imidazole rings is 1. The number of ether oxygens (including phenoxy) is 3. The number of fused-ring (bicyclic) bond motifs is 2. The first-order valence-corrected chi connectivity index (χ1v) is 11.9. The zero-order chi connectivity index (χ0) is 25.2. The number of aromatic nitrogens is 2. The average molecular weight is 495 g/mol. The summed E-state index contributed by atoms with van der Waals surface area (Å²) in [4.78, 5) is 52.6. The van der Waals surface area contributed by atoms with Crippen molar-refractivity contribution < 1.29 is 28.6 Å². The average Bonchev–Trinajstić information content (AvgIpc) is 3.50. The van der Waals surface area contributed by atoms with E-state index in [9.17, 15) is 19.2 Å². The van der Waals surface area contributed by atoms with E-state index < -0.39 is 24.0 Å². The Balaban J connectivity index is 1.19. The van der Waals surface area contributed by atoms with E-state index in [0.717, 1.165) is 31.2 Å². The molecule has 1 fully saturated rings. The number of amides is 3. The number of esters is 1. The van der Waals surface area contributed by atoms with Gasteiger partial charge in [-0.3, -0.25) is 14.7 Å². The Morgan fingerprint density at radius 1 is 1.06 bits per heavy atom. The third-order valence-electron chi connectivity index (χ3n) is 6.33. The Morgan fingerprint density at radius 2 is 1.81 bits per heavy atom. The monoisotopic (exact) mass is 494 g/mol. The second-order valence-electron chi connectivity index (χ2n) is 8.82. The van der Waals surface area contributed by atoms with Gasteiger partial charge in [0, 0.05) is 17.8 Å². The fraction of sp³-hybridized carbons (Fsp3) is 0.360. The third kappa shape index (κ3) is 4.77. The van der Waals surface area contributed by atoms with Crippen LogP contribution in [0, 0.1) is 0 Å². The molecule has 1 unspecified atom stereocenters. The maximum absolute atomic E-state index is 12.6. The molecule has 11 heteroatoms. The molecule has 3 aromatic rings. The highest BCUT2D eigenvalue weighted by atomic mass is 16.6. The Labute approximate surface area is 205 Å². The van der Waals surface area contributed by atoms with Gasteiger partial charge in [0.25, 0.3) is 5.91 Å². The quantitative estimate of drug-likeness (QED) is 0.463. The topological polar surface area (TPSA) is 141 Å². The highest BCUT2D eigenvalue weighted by Gasteiger charge is 2.24. The number of aromatic amines is 1. The molecule has 1 aliphatic carbocycles. The Morgan fingerprint density at radius 3 is 2.58 bits per heavy atom. The van der Waals surface area contributed by atoms with Crippen molar-refractivity contribution in [3.63, 3.8) is 0 Å². The molecule has 2 aromatic carbocycles. The molecule has 188 valence electrons. The Kier molecular flexibility index (Phi) is 6.36. The van der Waals surface area contributed by atoms with Gasteiger partial charge in [-0.05, 0) is 50.1 Å². The van der Waals surface area contributed by atoms with Gasteiger partial charge in [0.2, 0.25) is 0 Å². The summed E-state index contributed by atoms with van der Waals surface area (Å²) in [5.41, 5.74) is 1.63. The van der Waals surface area contributed by atoms with E-state index in [0.29, 0.717) is 35.9 Å². The lowest BCUT2D eigenvalue weighted by atomic mass is 10.2. The molecular weight excluding hydrogens is 468 g/mol. The summed E-state index contributed by atoms with van der Waals surface area (Å²) < 4.78 is 17.9. The van der Waals surface area contributed by atoms with E-state index in [-0.39, 0.29) is 17.3 Å². The molecule has 5 rings (SSSR count). The number of nitrogens with zero attached hydrogens (tertiary/aromatic N) is 1. The maximum atomic E-state index is 12.6. The molecule has 1 aromatic heterocycles. The van der Waals surface area contributed by atoms with Crippen LogP contribution in [0.15, 0.2) is 41.2 Å². The number of carbonyl (C=O) groups excluding carboxylic acids is 3. The van der Waals surface area contributed by atoms with E-state index in [1.807, 2.05) is 0 Å². The van der Waals surface area contributed by atoms with Crippen molar-refractivity contribution in [3.05, 3.63) is 52.4 Å². The fourth-order valence-corrected chi connectivity index (χ4v) is 4.56. The Bertz CT molecular complexity index is 1390. The van der Waals surface area contributed by atoms with Gasteiger partial charge in [-0.15, -0.1) is 0 Å². The summed E-state index contributed by atoms with van der Waals surface area (Å²) in [6.07, 6.45) is 2.84. The second-order valence-corrected chi connectivity index (χ2v) is 8.82. The van der Waals surface area contributed by atoms with Gasteiger partial charge in [0.05, 0.1) is 16.6 Å². The van der Waals surface area contributed by atoms with E-state index in [2.05, 4.69) is 15.6 Å². The normalized spacial score (nSPS) is 15.9. The van der Waals surface area contributed by atoms with Crippen LogP contribution in [0.4, 0.5) is 10.5 Å². The second kappa shape index (κ2) is 9.76. The van der Waals surface area contributed by atoms with Gasteiger partial charge in [0.15, 0.2) is 17.6 Å². The molecule has 36 heavy (non-hydrogen) atoms. The summed E-state index contributed by atoms with van der Waals surface area (Å²) in [6, 6.07) is 9.01. The maximum Gasteiger partial charge on any atom is 0.338 e. The number of hydrogen-bond acceptors (Lipinski definition) is 7. The molecule has 3 amide bonds. The SMILES string of the molecule is CC(OC(=O)c1ccc2c(c1)[nH]c(=O)n2C1CCCC1)C(=O)NC(=O)Nc1ccc2c(c1)OCCO2. The fourth-order valence-electron chi connectivity index (χ4n) is 4.56. The molecule has 2 aliphatic rings. The molecule has 11 nitrogen and oxygen atoms in total. The summed E-state index contributed by atoms with van der Waals surface area (Å²) in [5.74, 6) is -0.479. The molecule has 0 spiro atoms. The number of hydrogen-bond donors (Lipinski definition) is 3. The smallest absolute Gasteiger partial charge is 0.338 e. The lowest BCUT2D eigenvalue weighted by Crippen LogP contribution is -2.41. The highest BCUT2D eigenvalue weighted by Crippen LogP contribution is 2.33. The number of carbonyl (C=O) groups is 3. The van der Waals surface area contributed by atoms with E-state index in [1.165, 1.54) is 13.0 Å². The molecule has 0 saturated heterocycles. The third-order valence-corrected chi connectivity index (χ3v) is 6.33. The molecule has 1 saturated carbocycles. The van der Waals surface area contributed by atoms with Gasteiger partial charge >= 0.3 is 17.7 Å². The van der Waals surface area contributed by atoms with Crippen LogP contribution in [0.25, 0.3) is 11.0 Å². The number of imide groups is 1. The van der Waals surface area contributed by atoms with Crippen LogP contribution >= 0.6 is 0 Å². The highest BCUT2D eigenvalue weighted by molar-refractivity contribution is 6.03. The van der Waals surface area contributed by atoms with E-state index >= 15 is 0 Å².